The predicted octanol–water partition coefficient (Wildman–Crippen LogP) is 3.69. The minimum Gasteiger partial charge on any atom is -0.465 e. The van der Waals surface area contributed by atoms with Crippen LogP contribution in [0, 0.1) is 0 Å². The molecule has 0 radical (unpaired) electrons. The number of para-hydroxylation sites is 1. The number of anilines is 2. The van der Waals surface area contributed by atoms with Gasteiger partial charge in [-0.2, -0.15) is 0 Å². The van der Waals surface area contributed by atoms with Crippen LogP contribution < -0.4 is 10.2 Å². The summed E-state index contributed by atoms with van der Waals surface area (Å²) in [5.74, 6) is -0.962. The van der Waals surface area contributed by atoms with Gasteiger partial charge in [0.05, 0.1) is 29.1 Å². The van der Waals surface area contributed by atoms with E-state index in [1.165, 1.54) is 37.1 Å². The van der Waals surface area contributed by atoms with Crippen molar-refractivity contribution in [1.82, 2.24) is 0 Å². The SMILES string of the molecule is COC(=O)c1ccc(Cl)c(NC(=O)C23CCC(=O)N2c2ccccc2S3)c1. The van der Waals surface area contributed by atoms with E-state index >= 15 is 0 Å². The summed E-state index contributed by atoms with van der Waals surface area (Å²) in [4.78, 5) is 38.9. The molecule has 1 saturated heterocycles. The van der Waals surface area contributed by atoms with Crippen LogP contribution >= 0.6 is 23.4 Å². The third kappa shape index (κ3) is 2.78. The molecule has 0 bridgehead atoms. The molecule has 0 aromatic heterocycles. The highest BCUT2D eigenvalue weighted by atomic mass is 35.5. The summed E-state index contributed by atoms with van der Waals surface area (Å²) in [6.45, 7) is 0. The normalized spacial score (nSPS) is 20.2. The number of fused-ring (bicyclic) bond motifs is 3. The lowest BCUT2D eigenvalue weighted by Gasteiger charge is -2.29. The molecule has 2 aliphatic heterocycles. The summed E-state index contributed by atoms with van der Waals surface area (Å²) in [5.41, 5.74) is 1.32. The molecule has 138 valence electrons. The molecule has 4 rings (SSSR count). The Labute approximate surface area is 164 Å². The van der Waals surface area contributed by atoms with Crippen LogP contribution in [0.1, 0.15) is 23.2 Å². The molecule has 27 heavy (non-hydrogen) atoms. The van der Waals surface area contributed by atoms with Crippen LogP contribution in [-0.4, -0.2) is 29.8 Å². The fourth-order valence-corrected chi connectivity index (χ4v) is 4.96. The van der Waals surface area contributed by atoms with E-state index in [0.29, 0.717) is 23.6 Å². The zero-order valence-corrected chi connectivity index (χ0v) is 15.9. The second-order valence-electron chi connectivity index (χ2n) is 6.22. The third-order valence-electron chi connectivity index (χ3n) is 4.66. The Balaban J connectivity index is 1.68. The Morgan fingerprint density at radius 1 is 1.26 bits per heavy atom. The maximum Gasteiger partial charge on any atom is 0.337 e. The van der Waals surface area contributed by atoms with Gasteiger partial charge in [-0.1, -0.05) is 35.5 Å². The first-order chi connectivity index (χ1) is 13.0. The maximum atomic E-state index is 13.2. The lowest BCUT2D eigenvalue weighted by Crippen LogP contribution is -2.49. The molecule has 0 saturated carbocycles. The maximum absolute atomic E-state index is 13.2. The zero-order valence-electron chi connectivity index (χ0n) is 14.3. The summed E-state index contributed by atoms with van der Waals surface area (Å²) in [5, 5.41) is 3.09. The summed E-state index contributed by atoms with van der Waals surface area (Å²) < 4.78 is 4.71. The lowest BCUT2D eigenvalue weighted by molar-refractivity contribution is -0.121. The lowest BCUT2D eigenvalue weighted by atomic mass is 10.1. The van der Waals surface area contributed by atoms with Gasteiger partial charge < -0.3 is 10.1 Å². The van der Waals surface area contributed by atoms with Crippen LogP contribution in [0.5, 0.6) is 0 Å². The highest BCUT2D eigenvalue weighted by Gasteiger charge is 2.57. The predicted molar refractivity (Wildman–Crippen MR) is 103 cm³/mol. The van der Waals surface area contributed by atoms with Gasteiger partial charge in [-0.25, -0.2) is 4.79 Å². The van der Waals surface area contributed by atoms with E-state index in [4.69, 9.17) is 16.3 Å². The average Bonchev–Trinajstić information content (AvgIpc) is 3.18. The van der Waals surface area contributed by atoms with E-state index in [2.05, 4.69) is 5.32 Å². The number of nitrogens with one attached hydrogen (secondary N) is 1. The number of amides is 2. The minimum absolute atomic E-state index is 0.0861. The van der Waals surface area contributed by atoms with Crippen molar-refractivity contribution in [3.8, 4) is 0 Å². The van der Waals surface area contributed by atoms with E-state index < -0.39 is 10.8 Å². The van der Waals surface area contributed by atoms with Crippen molar-refractivity contribution in [2.75, 3.05) is 17.3 Å². The standard InChI is InChI=1S/C19H15ClN2O4S/c1-26-17(24)11-6-7-12(20)13(10-11)21-18(25)19-9-8-16(23)22(19)14-4-2-3-5-15(14)27-19/h2-7,10H,8-9H2,1H3,(H,21,25). The molecule has 2 aromatic carbocycles. The second kappa shape index (κ2) is 6.58. The quantitative estimate of drug-likeness (QED) is 0.792. The van der Waals surface area contributed by atoms with Gasteiger partial charge in [-0.3, -0.25) is 14.5 Å². The third-order valence-corrected chi connectivity index (χ3v) is 6.47. The first-order valence-corrected chi connectivity index (χ1v) is 9.46. The van der Waals surface area contributed by atoms with Crippen molar-refractivity contribution in [2.24, 2.45) is 0 Å². The molecule has 8 heteroatoms. The smallest absolute Gasteiger partial charge is 0.337 e. The number of ether oxygens (including phenoxy) is 1. The second-order valence-corrected chi connectivity index (χ2v) is 7.95. The fraction of sp³-hybridized carbons (Fsp3) is 0.211. The first-order valence-electron chi connectivity index (χ1n) is 8.27. The Kier molecular flexibility index (Phi) is 4.36. The van der Waals surface area contributed by atoms with Gasteiger partial charge >= 0.3 is 5.97 Å². The summed E-state index contributed by atoms with van der Waals surface area (Å²) in [6.07, 6.45) is 0.690. The topological polar surface area (TPSA) is 75.7 Å². The van der Waals surface area contributed by atoms with E-state index in [-0.39, 0.29) is 17.4 Å². The van der Waals surface area contributed by atoms with Crippen LogP contribution in [0.3, 0.4) is 0 Å². The van der Waals surface area contributed by atoms with Crippen molar-refractivity contribution in [2.45, 2.75) is 22.6 Å². The van der Waals surface area contributed by atoms with E-state index in [0.717, 1.165) is 10.6 Å². The summed E-state index contributed by atoms with van der Waals surface area (Å²) in [6, 6.07) is 12.0. The number of benzene rings is 2. The molecule has 1 fully saturated rings. The number of thioether (sulfide) groups is 1. The number of carbonyl (C=O) groups excluding carboxylic acids is 3. The zero-order chi connectivity index (χ0) is 19.2. The molecule has 2 aliphatic rings. The summed E-state index contributed by atoms with van der Waals surface area (Å²) in [7, 11) is 1.28. The number of rotatable bonds is 3. The van der Waals surface area contributed by atoms with Gasteiger partial charge in [0.15, 0.2) is 4.87 Å². The van der Waals surface area contributed by atoms with Crippen molar-refractivity contribution in [3.05, 3.63) is 53.1 Å². The van der Waals surface area contributed by atoms with E-state index in [1.807, 2.05) is 24.3 Å². The number of nitrogens with zero attached hydrogens (tertiary/aromatic N) is 1. The van der Waals surface area contributed by atoms with Crippen LogP contribution in [-0.2, 0) is 14.3 Å². The highest BCUT2D eigenvalue weighted by molar-refractivity contribution is 8.02. The first kappa shape index (κ1) is 17.9. The molecule has 2 heterocycles. The van der Waals surface area contributed by atoms with Crippen LogP contribution in [0.15, 0.2) is 47.4 Å². The van der Waals surface area contributed by atoms with Gasteiger partial charge in [-0.15, -0.1) is 0 Å². The van der Waals surface area contributed by atoms with Gasteiger partial charge in [0.25, 0.3) is 5.91 Å². The molecule has 1 N–H and O–H groups in total. The van der Waals surface area contributed by atoms with Crippen LogP contribution in [0.2, 0.25) is 5.02 Å². The number of hydrogen-bond acceptors (Lipinski definition) is 5. The number of esters is 1. The number of halogens is 1. The van der Waals surface area contributed by atoms with E-state index in [9.17, 15) is 14.4 Å². The Hall–Kier alpha value is -2.51. The number of hydrogen-bond donors (Lipinski definition) is 1. The van der Waals surface area contributed by atoms with Crippen LogP contribution in [0.25, 0.3) is 0 Å². The Morgan fingerprint density at radius 3 is 2.81 bits per heavy atom. The Bertz CT molecular complexity index is 980. The molecule has 0 spiro atoms. The molecule has 1 unspecified atom stereocenters. The molecule has 2 aromatic rings. The molecular formula is C19H15ClN2O4S. The molecule has 6 nitrogen and oxygen atoms in total. The van der Waals surface area contributed by atoms with Gasteiger partial charge in [0, 0.05) is 11.3 Å². The summed E-state index contributed by atoms with van der Waals surface area (Å²) >= 11 is 7.56. The molecule has 0 aliphatic carbocycles. The number of methoxy groups -OCH3 is 1. The molecule has 1 atom stereocenters. The molecular weight excluding hydrogens is 388 g/mol. The van der Waals surface area contributed by atoms with Gasteiger partial charge in [0.2, 0.25) is 5.91 Å². The van der Waals surface area contributed by atoms with Crippen molar-refractivity contribution in [1.29, 1.82) is 0 Å². The highest BCUT2D eigenvalue weighted by Crippen LogP contribution is 2.56. The van der Waals surface area contributed by atoms with Gasteiger partial charge in [-0.05, 0) is 36.8 Å². The van der Waals surface area contributed by atoms with Crippen molar-refractivity contribution >= 4 is 52.5 Å². The minimum atomic E-state index is -1.05. The Morgan fingerprint density at radius 2 is 2.04 bits per heavy atom. The van der Waals surface area contributed by atoms with Gasteiger partial charge in [0.1, 0.15) is 0 Å². The monoisotopic (exact) mass is 402 g/mol. The van der Waals surface area contributed by atoms with Crippen molar-refractivity contribution < 1.29 is 19.1 Å². The van der Waals surface area contributed by atoms with Crippen LogP contribution in [0.4, 0.5) is 11.4 Å². The van der Waals surface area contributed by atoms with Crippen molar-refractivity contribution in [3.63, 3.8) is 0 Å². The fourth-order valence-electron chi connectivity index (χ4n) is 3.38. The molecule has 2 amide bonds. The largest absolute Gasteiger partial charge is 0.465 e. The number of carbonyl (C=O) groups is 3. The average molecular weight is 403 g/mol. The van der Waals surface area contributed by atoms with E-state index in [1.54, 1.807) is 4.90 Å².